The van der Waals surface area contributed by atoms with E-state index >= 15 is 0 Å². The van der Waals surface area contributed by atoms with Crippen molar-refractivity contribution in [2.45, 2.75) is 19.4 Å². The summed E-state index contributed by atoms with van der Waals surface area (Å²) in [6, 6.07) is 7.47. The van der Waals surface area contributed by atoms with Crippen molar-refractivity contribution in [1.82, 2.24) is 4.90 Å². The number of nitrogens with zero attached hydrogens (tertiary/aromatic N) is 1. The van der Waals surface area contributed by atoms with Crippen LogP contribution in [0.4, 0.5) is 4.39 Å². The average molecular weight is 217 g/mol. The highest BCUT2D eigenvalue weighted by molar-refractivity contribution is 5.73. The Balaban J connectivity index is 1.91. The molecule has 2 unspecified atom stereocenters. The largest absolute Gasteiger partial charge is 0.296 e. The molecule has 84 valence electrons. The lowest BCUT2D eigenvalue weighted by atomic mass is 10.0. The van der Waals surface area contributed by atoms with Gasteiger partial charge < -0.3 is 0 Å². The summed E-state index contributed by atoms with van der Waals surface area (Å²) >= 11 is 0. The van der Waals surface area contributed by atoms with Crippen molar-refractivity contribution < 1.29 is 4.39 Å². The summed E-state index contributed by atoms with van der Waals surface area (Å²) in [6.07, 6.45) is 3.63. The van der Waals surface area contributed by atoms with Gasteiger partial charge in [0.25, 0.3) is 0 Å². The van der Waals surface area contributed by atoms with Crippen LogP contribution in [0.25, 0.3) is 5.57 Å². The molecule has 1 nitrogen and oxygen atoms in total. The molecule has 2 bridgehead atoms. The Labute approximate surface area is 95.6 Å². The minimum Gasteiger partial charge on any atom is -0.296 e. The zero-order valence-corrected chi connectivity index (χ0v) is 9.49. The maximum Gasteiger partial charge on any atom is 0.123 e. The van der Waals surface area contributed by atoms with Crippen LogP contribution in [0, 0.1) is 11.7 Å². The summed E-state index contributed by atoms with van der Waals surface area (Å²) in [5.41, 5.74) is 2.59. The van der Waals surface area contributed by atoms with Crippen molar-refractivity contribution in [3.05, 3.63) is 41.7 Å². The van der Waals surface area contributed by atoms with E-state index in [4.69, 9.17) is 0 Å². The minimum atomic E-state index is -0.153. The standard InChI is InChI=1S/C14H16FN/c1-2-16-9-10-7-13(14(16)8-10)11-3-5-12(15)6-4-11/h3-7,10,14H,2,8-9H2,1H3. The van der Waals surface area contributed by atoms with Crippen LogP contribution in [0.1, 0.15) is 18.9 Å². The Morgan fingerprint density at radius 2 is 2.06 bits per heavy atom. The van der Waals surface area contributed by atoms with Gasteiger partial charge in [0, 0.05) is 12.6 Å². The van der Waals surface area contributed by atoms with Crippen molar-refractivity contribution in [2.75, 3.05) is 13.1 Å². The molecule has 1 aliphatic carbocycles. The van der Waals surface area contributed by atoms with Gasteiger partial charge >= 0.3 is 0 Å². The zero-order valence-electron chi connectivity index (χ0n) is 9.49. The zero-order chi connectivity index (χ0) is 11.1. The normalized spacial score (nSPS) is 28.5. The summed E-state index contributed by atoms with van der Waals surface area (Å²) in [4.78, 5) is 2.52. The van der Waals surface area contributed by atoms with Gasteiger partial charge in [-0.25, -0.2) is 4.39 Å². The molecule has 1 saturated heterocycles. The van der Waals surface area contributed by atoms with E-state index in [2.05, 4.69) is 17.9 Å². The fraction of sp³-hybridized carbons (Fsp3) is 0.429. The van der Waals surface area contributed by atoms with Gasteiger partial charge in [-0.1, -0.05) is 25.1 Å². The van der Waals surface area contributed by atoms with Crippen LogP contribution >= 0.6 is 0 Å². The molecule has 0 saturated carbocycles. The number of hydrogen-bond donors (Lipinski definition) is 0. The molecule has 0 amide bonds. The Morgan fingerprint density at radius 1 is 1.31 bits per heavy atom. The third-order valence-electron chi connectivity index (χ3n) is 3.79. The molecule has 0 spiro atoms. The highest BCUT2D eigenvalue weighted by Gasteiger charge is 2.38. The summed E-state index contributed by atoms with van der Waals surface area (Å²) in [6.45, 7) is 4.52. The lowest BCUT2D eigenvalue weighted by Gasteiger charge is -2.27. The van der Waals surface area contributed by atoms with Crippen LogP contribution in [0.3, 0.4) is 0 Å². The van der Waals surface area contributed by atoms with Gasteiger partial charge in [0.2, 0.25) is 0 Å². The molecule has 3 rings (SSSR count). The first-order valence-corrected chi connectivity index (χ1v) is 5.99. The number of likely N-dealkylation sites (tertiary alicyclic amines) is 1. The molecule has 1 aromatic rings. The van der Waals surface area contributed by atoms with Gasteiger partial charge in [0.15, 0.2) is 0 Å². The quantitative estimate of drug-likeness (QED) is 0.736. The van der Waals surface area contributed by atoms with Gasteiger partial charge in [-0.15, -0.1) is 0 Å². The second kappa shape index (κ2) is 3.70. The first-order valence-electron chi connectivity index (χ1n) is 5.99. The van der Waals surface area contributed by atoms with Crippen LogP contribution in [-0.4, -0.2) is 24.0 Å². The van der Waals surface area contributed by atoms with E-state index in [1.807, 2.05) is 12.1 Å². The number of likely N-dealkylation sites (N-methyl/N-ethyl adjacent to an activating group) is 1. The number of hydrogen-bond acceptors (Lipinski definition) is 1. The van der Waals surface area contributed by atoms with Crippen LogP contribution < -0.4 is 0 Å². The van der Waals surface area contributed by atoms with E-state index in [-0.39, 0.29) is 5.82 Å². The minimum absolute atomic E-state index is 0.153. The van der Waals surface area contributed by atoms with Gasteiger partial charge in [0.05, 0.1) is 0 Å². The van der Waals surface area contributed by atoms with E-state index in [9.17, 15) is 4.39 Å². The molecule has 0 aromatic heterocycles. The van der Waals surface area contributed by atoms with Crippen LogP contribution in [0.5, 0.6) is 0 Å². The average Bonchev–Trinajstić information content (AvgIpc) is 2.89. The van der Waals surface area contributed by atoms with Gasteiger partial charge in [0.1, 0.15) is 5.82 Å². The fourth-order valence-electron chi connectivity index (χ4n) is 3.03. The number of benzene rings is 1. The van der Waals surface area contributed by atoms with Gasteiger partial charge in [-0.3, -0.25) is 4.90 Å². The topological polar surface area (TPSA) is 3.24 Å². The summed E-state index contributed by atoms with van der Waals surface area (Å²) in [5.74, 6) is 0.560. The molecule has 2 atom stereocenters. The predicted octanol–water partition coefficient (Wildman–Crippen LogP) is 2.93. The molecular weight excluding hydrogens is 201 g/mol. The Morgan fingerprint density at radius 3 is 2.69 bits per heavy atom. The molecule has 1 heterocycles. The summed E-state index contributed by atoms with van der Waals surface area (Å²) < 4.78 is 12.9. The molecule has 0 radical (unpaired) electrons. The van der Waals surface area contributed by atoms with Gasteiger partial charge in [-0.05, 0) is 42.2 Å². The van der Waals surface area contributed by atoms with Crippen molar-refractivity contribution in [1.29, 1.82) is 0 Å². The van der Waals surface area contributed by atoms with Gasteiger partial charge in [-0.2, -0.15) is 0 Å². The van der Waals surface area contributed by atoms with Crippen LogP contribution in [0.2, 0.25) is 0 Å². The molecule has 16 heavy (non-hydrogen) atoms. The maximum atomic E-state index is 12.9. The molecule has 1 fully saturated rings. The predicted molar refractivity (Wildman–Crippen MR) is 63.5 cm³/mol. The maximum absolute atomic E-state index is 12.9. The third-order valence-corrected chi connectivity index (χ3v) is 3.79. The fourth-order valence-corrected chi connectivity index (χ4v) is 3.03. The molecule has 1 aromatic carbocycles. The SMILES string of the molecule is CCN1CC2C=C(c3ccc(F)cc3)C1C2. The lowest BCUT2D eigenvalue weighted by molar-refractivity contribution is 0.303. The Bertz CT molecular complexity index is 421. The summed E-state index contributed by atoms with van der Waals surface area (Å²) in [5, 5.41) is 0. The number of rotatable bonds is 2. The first kappa shape index (κ1) is 10.0. The molecular formula is C14H16FN. The molecule has 2 aliphatic rings. The number of halogens is 1. The number of fused-ring (bicyclic) bond motifs is 2. The van der Waals surface area contributed by atoms with Crippen molar-refractivity contribution in [3.8, 4) is 0 Å². The Kier molecular flexibility index (Phi) is 2.32. The highest BCUT2D eigenvalue weighted by atomic mass is 19.1. The second-order valence-corrected chi connectivity index (χ2v) is 4.73. The van der Waals surface area contributed by atoms with Crippen LogP contribution in [-0.2, 0) is 0 Å². The lowest BCUT2D eigenvalue weighted by Crippen LogP contribution is -2.31. The second-order valence-electron chi connectivity index (χ2n) is 4.73. The van der Waals surface area contributed by atoms with Crippen molar-refractivity contribution in [3.63, 3.8) is 0 Å². The first-order chi connectivity index (χ1) is 7.78. The van der Waals surface area contributed by atoms with Crippen molar-refractivity contribution in [2.24, 2.45) is 5.92 Å². The van der Waals surface area contributed by atoms with E-state index in [0.717, 1.165) is 6.54 Å². The van der Waals surface area contributed by atoms with E-state index in [1.165, 1.54) is 24.1 Å². The monoisotopic (exact) mass is 217 g/mol. The third kappa shape index (κ3) is 1.49. The van der Waals surface area contributed by atoms with E-state index in [1.54, 1.807) is 12.1 Å². The van der Waals surface area contributed by atoms with E-state index in [0.29, 0.717) is 12.0 Å². The Hall–Kier alpha value is -1.15. The van der Waals surface area contributed by atoms with E-state index < -0.39 is 0 Å². The summed E-state index contributed by atoms with van der Waals surface area (Å²) in [7, 11) is 0. The van der Waals surface area contributed by atoms with Crippen LogP contribution in [0.15, 0.2) is 30.3 Å². The molecule has 0 N–H and O–H groups in total. The smallest absolute Gasteiger partial charge is 0.123 e. The molecule has 1 aliphatic heterocycles. The highest BCUT2D eigenvalue weighted by Crippen LogP contribution is 2.41. The van der Waals surface area contributed by atoms with Crippen molar-refractivity contribution >= 4 is 5.57 Å². The molecule has 2 heteroatoms.